The van der Waals surface area contributed by atoms with Crippen LogP contribution in [0, 0.1) is 5.82 Å². The summed E-state index contributed by atoms with van der Waals surface area (Å²) in [6.45, 7) is 2.08. The molecule has 4 nitrogen and oxygen atoms in total. The zero-order chi connectivity index (χ0) is 17.4. The molecule has 5 heteroatoms. The van der Waals surface area contributed by atoms with E-state index in [9.17, 15) is 9.18 Å². The van der Waals surface area contributed by atoms with Gasteiger partial charge >= 0.3 is 0 Å². The summed E-state index contributed by atoms with van der Waals surface area (Å²) in [6.07, 6.45) is 6.69. The molecule has 1 aliphatic rings. The van der Waals surface area contributed by atoms with E-state index in [1.165, 1.54) is 38.9 Å². The summed E-state index contributed by atoms with van der Waals surface area (Å²) >= 11 is 0. The summed E-state index contributed by atoms with van der Waals surface area (Å²) in [5.74, 6) is 0.0203. The number of benzene rings is 1. The number of methoxy groups -OCH3 is 1. The third-order valence-corrected chi connectivity index (χ3v) is 4.20. The average Bonchev–Trinajstić information content (AvgIpc) is 3.09. The smallest absolute Gasteiger partial charge is 0.247 e. The zero-order valence-electron chi connectivity index (χ0n) is 14.2. The molecular weight excluding hydrogens is 307 g/mol. The summed E-state index contributed by atoms with van der Waals surface area (Å²) in [5, 5.41) is 3.55. The van der Waals surface area contributed by atoms with Gasteiger partial charge < -0.3 is 15.0 Å². The Kier molecular flexibility index (Phi) is 7.00. The van der Waals surface area contributed by atoms with Crippen molar-refractivity contribution >= 4 is 0 Å². The number of ether oxygens (including phenoxy) is 1. The zero-order valence-corrected chi connectivity index (χ0v) is 14.2. The van der Waals surface area contributed by atoms with Gasteiger partial charge in [0.25, 0.3) is 0 Å². The predicted octanol–water partition coefficient (Wildman–Crippen LogP) is 3.80. The number of hydrogen-bond donors (Lipinski definition) is 2. The van der Waals surface area contributed by atoms with Crippen molar-refractivity contribution in [2.24, 2.45) is 0 Å². The average molecular weight is 332 g/mol. The first-order valence-electron chi connectivity index (χ1n) is 8.33. The Labute approximate surface area is 142 Å². The Bertz CT molecular complexity index is 664. The Morgan fingerprint density at radius 2 is 2.00 bits per heavy atom. The Balaban J connectivity index is 0.000000249. The van der Waals surface area contributed by atoms with Gasteiger partial charge in [-0.15, -0.1) is 0 Å². The van der Waals surface area contributed by atoms with Crippen LogP contribution in [-0.2, 0) is 0 Å². The number of nitrogens with one attached hydrogen (secondary N) is 2. The molecule has 0 saturated heterocycles. The van der Waals surface area contributed by atoms with Gasteiger partial charge in [-0.25, -0.2) is 4.39 Å². The van der Waals surface area contributed by atoms with E-state index in [0.717, 1.165) is 5.56 Å². The lowest BCUT2D eigenvalue weighted by Gasteiger charge is -2.20. The van der Waals surface area contributed by atoms with Crippen LogP contribution in [0.25, 0.3) is 0 Å². The fourth-order valence-electron chi connectivity index (χ4n) is 2.87. The van der Waals surface area contributed by atoms with Gasteiger partial charge in [-0.1, -0.05) is 25.0 Å². The van der Waals surface area contributed by atoms with Crippen molar-refractivity contribution in [3.05, 3.63) is 64.3 Å². The normalized spacial score (nSPS) is 15.5. The second kappa shape index (κ2) is 9.23. The van der Waals surface area contributed by atoms with Crippen LogP contribution in [0.2, 0.25) is 0 Å². The SMILES string of the molecule is COc1ccc(C(C)NC2CCCC2)cc1F.O=c1cccc[nH]1. The monoisotopic (exact) mass is 332 g/mol. The maximum absolute atomic E-state index is 13.6. The van der Waals surface area contributed by atoms with Crippen molar-refractivity contribution in [1.29, 1.82) is 0 Å². The minimum Gasteiger partial charge on any atom is -0.494 e. The summed E-state index contributed by atoms with van der Waals surface area (Å²) in [4.78, 5) is 12.7. The van der Waals surface area contributed by atoms with E-state index in [1.807, 2.05) is 6.07 Å². The van der Waals surface area contributed by atoms with E-state index in [0.29, 0.717) is 11.8 Å². The van der Waals surface area contributed by atoms with Gasteiger partial charge in [-0.3, -0.25) is 4.79 Å². The molecule has 2 N–H and O–H groups in total. The highest BCUT2D eigenvalue weighted by atomic mass is 19.1. The molecule has 1 saturated carbocycles. The lowest BCUT2D eigenvalue weighted by molar-refractivity contribution is 0.385. The van der Waals surface area contributed by atoms with Crippen LogP contribution in [0.5, 0.6) is 5.75 Å². The van der Waals surface area contributed by atoms with Gasteiger partial charge in [0, 0.05) is 24.3 Å². The molecule has 1 unspecified atom stereocenters. The van der Waals surface area contributed by atoms with E-state index in [-0.39, 0.29) is 17.4 Å². The number of halogens is 1. The van der Waals surface area contributed by atoms with Crippen molar-refractivity contribution in [3.8, 4) is 5.75 Å². The van der Waals surface area contributed by atoms with Crippen LogP contribution < -0.4 is 15.6 Å². The van der Waals surface area contributed by atoms with Gasteiger partial charge in [0.05, 0.1) is 7.11 Å². The van der Waals surface area contributed by atoms with E-state index in [4.69, 9.17) is 4.74 Å². The molecule has 1 fully saturated rings. The highest BCUT2D eigenvalue weighted by Gasteiger charge is 2.18. The lowest BCUT2D eigenvalue weighted by atomic mass is 10.1. The first-order valence-corrected chi connectivity index (χ1v) is 8.33. The molecule has 1 aromatic carbocycles. The molecule has 3 rings (SSSR count). The maximum atomic E-state index is 13.6. The molecule has 0 amide bonds. The van der Waals surface area contributed by atoms with Crippen LogP contribution in [0.15, 0.2) is 47.4 Å². The van der Waals surface area contributed by atoms with E-state index < -0.39 is 0 Å². The standard InChI is InChI=1S/C14H20FNO.C5H5NO/c1-10(16-12-5-3-4-6-12)11-7-8-14(17-2)13(15)9-11;7-5-3-1-2-4-6-5/h7-10,12,16H,3-6H2,1-2H3;1-4H,(H,6,7). The van der Waals surface area contributed by atoms with Gasteiger partial charge in [-0.2, -0.15) is 0 Å². The van der Waals surface area contributed by atoms with E-state index in [1.54, 1.807) is 30.5 Å². The van der Waals surface area contributed by atoms with Crippen LogP contribution in [0.4, 0.5) is 4.39 Å². The topological polar surface area (TPSA) is 54.1 Å². The van der Waals surface area contributed by atoms with Crippen LogP contribution in [-0.4, -0.2) is 18.1 Å². The minimum absolute atomic E-state index is 0.0532. The fourth-order valence-corrected chi connectivity index (χ4v) is 2.87. The molecule has 24 heavy (non-hydrogen) atoms. The van der Waals surface area contributed by atoms with Gasteiger partial charge in [0.2, 0.25) is 5.56 Å². The van der Waals surface area contributed by atoms with Crippen LogP contribution in [0.1, 0.15) is 44.2 Å². The number of aromatic amines is 1. The molecule has 1 aliphatic carbocycles. The van der Waals surface area contributed by atoms with Crippen molar-refractivity contribution < 1.29 is 9.13 Å². The minimum atomic E-state index is -0.287. The molecule has 0 aliphatic heterocycles. The second-order valence-electron chi connectivity index (χ2n) is 5.99. The maximum Gasteiger partial charge on any atom is 0.247 e. The van der Waals surface area contributed by atoms with Gasteiger partial charge in [-0.05, 0) is 43.5 Å². The number of aromatic nitrogens is 1. The molecule has 0 bridgehead atoms. The Morgan fingerprint density at radius 3 is 2.50 bits per heavy atom. The summed E-state index contributed by atoms with van der Waals surface area (Å²) in [7, 11) is 1.48. The highest BCUT2D eigenvalue weighted by Crippen LogP contribution is 2.24. The molecule has 0 spiro atoms. The first kappa shape index (κ1) is 18.2. The number of H-pyrrole nitrogens is 1. The molecule has 2 aromatic rings. The highest BCUT2D eigenvalue weighted by molar-refractivity contribution is 5.30. The van der Waals surface area contributed by atoms with E-state index in [2.05, 4.69) is 17.2 Å². The summed E-state index contributed by atoms with van der Waals surface area (Å²) in [5.41, 5.74) is 0.928. The predicted molar refractivity (Wildman–Crippen MR) is 93.8 cm³/mol. The van der Waals surface area contributed by atoms with Crippen molar-refractivity contribution in [2.75, 3.05) is 7.11 Å². The first-order chi connectivity index (χ1) is 11.6. The molecule has 1 atom stereocenters. The molecule has 130 valence electrons. The van der Waals surface area contributed by atoms with Gasteiger partial charge in [0.1, 0.15) is 0 Å². The number of rotatable bonds is 4. The van der Waals surface area contributed by atoms with Crippen LogP contribution in [0.3, 0.4) is 0 Å². The van der Waals surface area contributed by atoms with E-state index >= 15 is 0 Å². The third kappa shape index (κ3) is 5.49. The number of hydrogen-bond acceptors (Lipinski definition) is 3. The van der Waals surface area contributed by atoms with Crippen molar-refractivity contribution in [3.63, 3.8) is 0 Å². The largest absolute Gasteiger partial charge is 0.494 e. The molecular formula is C19H25FN2O2. The summed E-state index contributed by atoms with van der Waals surface area (Å²) < 4.78 is 18.5. The fraction of sp³-hybridized carbons (Fsp3) is 0.421. The second-order valence-corrected chi connectivity index (χ2v) is 5.99. The van der Waals surface area contributed by atoms with Crippen LogP contribution >= 0.6 is 0 Å². The Morgan fingerprint density at radius 1 is 1.25 bits per heavy atom. The molecule has 1 aromatic heterocycles. The number of pyridine rings is 1. The lowest BCUT2D eigenvalue weighted by Crippen LogP contribution is -2.28. The quantitative estimate of drug-likeness (QED) is 0.895. The van der Waals surface area contributed by atoms with Gasteiger partial charge in [0.15, 0.2) is 11.6 Å². The van der Waals surface area contributed by atoms with Crippen molar-refractivity contribution in [1.82, 2.24) is 10.3 Å². The summed E-state index contributed by atoms with van der Waals surface area (Å²) in [6, 6.07) is 10.9. The third-order valence-electron chi connectivity index (χ3n) is 4.20. The Hall–Kier alpha value is -2.14. The molecule has 0 radical (unpaired) electrons. The molecule has 1 heterocycles. The van der Waals surface area contributed by atoms with Crippen molar-refractivity contribution in [2.45, 2.75) is 44.7 Å².